The smallest absolute Gasteiger partial charge is 0.115 e. The Labute approximate surface area is 76.5 Å². The molecule has 1 unspecified atom stereocenters. The molecular weight excluding hydrogens is 164 g/mol. The van der Waals surface area contributed by atoms with E-state index in [1.165, 1.54) is 0 Å². The van der Waals surface area contributed by atoms with Gasteiger partial charge in [0.1, 0.15) is 11.5 Å². The van der Waals surface area contributed by atoms with Crippen molar-refractivity contribution in [2.45, 2.75) is 0 Å². The van der Waals surface area contributed by atoms with Gasteiger partial charge in [-0.3, -0.25) is 0 Å². The van der Waals surface area contributed by atoms with Gasteiger partial charge in [-0.25, -0.2) is 0 Å². The summed E-state index contributed by atoms with van der Waals surface area (Å²) in [5, 5.41) is 18.5. The lowest BCUT2D eigenvalue weighted by Gasteiger charge is -2.12. The molecule has 0 aliphatic heterocycles. The van der Waals surface area contributed by atoms with Gasteiger partial charge in [-0.2, -0.15) is 0 Å². The largest absolute Gasteiger partial charge is 0.508 e. The molecule has 0 saturated carbocycles. The Kier molecular flexibility index (Phi) is 1.81. The van der Waals surface area contributed by atoms with Crippen molar-refractivity contribution < 1.29 is 10.2 Å². The zero-order valence-electron chi connectivity index (χ0n) is 7.01. The highest BCUT2D eigenvalue weighted by Gasteiger charge is 2.12. The molecule has 2 aliphatic rings. The molecule has 0 bridgehead atoms. The van der Waals surface area contributed by atoms with Gasteiger partial charge in [-0.1, -0.05) is 18.2 Å². The number of rotatable bonds is 0. The molecule has 1 atom stereocenters. The lowest BCUT2D eigenvalue weighted by molar-refractivity contribution is 0.425. The normalized spacial score (nSPS) is 25.5. The molecule has 66 valence electrons. The summed E-state index contributed by atoms with van der Waals surface area (Å²) < 4.78 is 0. The van der Waals surface area contributed by atoms with Crippen LogP contribution in [-0.4, -0.2) is 10.2 Å². The summed E-state index contributed by atoms with van der Waals surface area (Å²) in [4.78, 5) is 0. The van der Waals surface area contributed by atoms with Crippen LogP contribution in [0.3, 0.4) is 0 Å². The summed E-state index contributed by atoms with van der Waals surface area (Å²) in [5.41, 5.74) is 1.07. The standard InChI is InChI=1S/C11H10O2/c12-10-4-1-8-2-6-11(13)7-9(8)3-5-10/h1-7,9,12-13H. The Morgan fingerprint density at radius 3 is 2.62 bits per heavy atom. The molecule has 2 heteroatoms. The summed E-state index contributed by atoms with van der Waals surface area (Å²) in [6.07, 6.45) is 12.2. The molecule has 2 aliphatic carbocycles. The third-order valence-corrected chi connectivity index (χ3v) is 2.10. The van der Waals surface area contributed by atoms with Crippen LogP contribution in [0.4, 0.5) is 0 Å². The number of hydrogen-bond acceptors (Lipinski definition) is 2. The van der Waals surface area contributed by atoms with Crippen LogP contribution in [0.15, 0.2) is 59.6 Å². The van der Waals surface area contributed by atoms with Crippen molar-refractivity contribution >= 4 is 0 Å². The van der Waals surface area contributed by atoms with Crippen molar-refractivity contribution in [3.63, 3.8) is 0 Å². The highest BCUT2D eigenvalue weighted by atomic mass is 16.3. The minimum absolute atomic E-state index is 0.0749. The number of fused-ring (bicyclic) bond motifs is 1. The first-order valence-electron chi connectivity index (χ1n) is 4.13. The maximum atomic E-state index is 9.24. The fourth-order valence-electron chi connectivity index (χ4n) is 1.40. The van der Waals surface area contributed by atoms with Crippen LogP contribution in [0.1, 0.15) is 0 Å². The third-order valence-electron chi connectivity index (χ3n) is 2.10. The Hall–Kier alpha value is -1.70. The lowest BCUT2D eigenvalue weighted by atomic mass is 9.94. The molecule has 0 saturated heterocycles. The second-order valence-electron chi connectivity index (χ2n) is 3.07. The van der Waals surface area contributed by atoms with E-state index >= 15 is 0 Å². The van der Waals surface area contributed by atoms with Gasteiger partial charge >= 0.3 is 0 Å². The van der Waals surface area contributed by atoms with Crippen LogP contribution >= 0.6 is 0 Å². The van der Waals surface area contributed by atoms with Gasteiger partial charge in [0.15, 0.2) is 0 Å². The van der Waals surface area contributed by atoms with Gasteiger partial charge in [0.05, 0.1) is 0 Å². The first-order valence-corrected chi connectivity index (χ1v) is 4.13. The quantitative estimate of drug-likeness (QED) is 0.592. The van der Waals surface area contributed by atoms with Crippen molar-refractivity contribution in [3.05, 3.63) is 59.6 Å². The summed E-state index contributed by atoms with van der Waals surface area (Å²) in [5.74, 6) is 0.585. The second kappa shape index (κ2) is 2.98. The topological polar surface area (TPSA) is 40.5 Å². The van der Waals surface area contributed by atoms with Crippen LogP contribution < -0.4 is 0 Å². The molecule has 0 aromatic heterocycles. The van der Waals surface area contributed by atoms with E-state index in [9.17, 15) is 10.2 Å². The first kappa shape index (κ1) is 7.92. The molecule has 2 nitrogen and oxygen atoms in total. The number of allylic oxidation sites excluding steroid dienone is 8. The van der Waals surface area contributed by atoms with Gasteiger partial charge in [0, 0.05) is 5.92 Å². The number of hydrogen-bond donors (Lipinski definition) is 2. The van der Waals surface area contributed by atoms with Crippen molar-refractivity contribution in [1.82, 2.24) is 0 Å². The zero-order chi connectivity index (χ0) is 9.26. The predicted octanol–water partition coefficient (Wildman–Crippen LogP) is 2.55. The predicted molar refractivity (Wildman–Crippen MR) is 51.3 cm³/mol. The molecule has 0 aromatic rings. The highest BCUT2D eigenvalue weighted by Crippen LogP contribution is 2.24. The van der Waals surface area contributed by atoms with Crippen molar-refractivity contribution in [2.24, 2.45) is 5.92 Å². The molecule has 0 spiro atoms. The van der Waals surface area contributed by atoms with E-state index in [1.807, 2.05) is 18.2 Å². The van der Waals surface area contributed by atoms with Crippen LogP contribution in [0.5, 0.6) is 0 Å². The van der Waals surface area contributed by atoms with Gasteiger partial charge in [0.25, 0.3) is 0 Å². The van der Waals surface area contributed by atoms with Gasteiger partial charge < -0.3 is 10.2 Å². The summed E-state index contributed by atoms with van der Waals surface area (Å²) >= 11 is 0. The fraction of sp³-hybridized carbons (Fsp3) is 0.0909. The molecule has 0 radical (unpaired) electrons. The van der Waals surface area contributed by atoms with E-state index < -0.39 is 0 Å². The molecule has 0 aromatic carbocycles. The average molecular weight is 174 g/mol. The summed E-state index contributed by atoms with van der Waals surface area (Å²) in [6.45, 7) is 0. The van der Waals surface area contributed by atoms with Crippen LogP contribution in [0, 0.1) is 5.92 Å². The monoisotopic (exact) mass is 174 g/mol. The van der Waals surface area contributed by atoms with Gasteiger partial charge in [-0.15, -0.1) is 0 Å². The average Bonchev–Trinajstić information content (AvgIpc) is 2.29. The maximum absolute atomic E-state index is 9.24. The summed E-state index contributed by atoms with van der Waals surface area (Å²) in [7, 11) is 0. The van der Waals surface area contributed by atoms with Crippen molar-refractivity contribution in [3.8, 4) is 0 Å². The number of aliphatic hydroxyl groups is 2. The lowest BCUT2D eigenvalue weighted by Crippen LogP contribution is -2.00. The highest BCUT2D eigenvalue weighted by molar-refractivity contribution is 5.43. The Bertz CT molecular complexity index is 368. The van der Waals surface area contributed by atoms with E-state index in [1.54, 1.807) is 24.3 Å². The number of aliphatic hydroxyl groups excluding tert-OH is 2. The molecule has 13 heavy (non-hydrogen) atoms. The molecule has 0 heterocycles. The van der Waals surface area contributed by atoms with E-state index in [2.05, 4.69) is 0 Å². The Morgan fingerprint density at radius 1 is 0.923 bits per heavy atom. The maximum Gasteiger partial charge on any atom is 0.115 e. The molecule has 2 rings (SSSR count). The second-order valence-corrected chi connectivity index (χ2v) is 3.07. The van der Waals surface area contributed by atoms with Crippen molar-refractivity contribution in [1.29, 1.82) is 0 Å². The van der Waals surface area contributed by atoms with E-state index in [4.69, 9.17) is 0 Å². The van der Waals surface area contributed by atoms with E-state index in [-0.39, 0.29) is 17.4 Å². The molecule has 0 fully saturated rings. The van der Waals surface area contributed by atoms with Gasteiger partial charge in [-0.05, 0) is 29.9 Å². The van der Waals surface area contributed by atoms with E-state index in [0.717, 1.165) is 5.57 Å². The first-order chi connectivity index (χ1) is 6.25. The van der Waals surface area contributed by atoms with Crippen LogP contribution in [-0.2, 0) is 0 Å². The Balaban J connectivity index is 2.39. The minimum atomic E-state index is 0.0749. The molecule has 2 N–H and O–H groups in total. The van der Waals surface area contributed by atoms with E-state index in [0.29, 0.717) is 0 Å². The summed E-state index contributed by atoms with van der Waals surface area (Å²) in [6, 6.07) is 0. The van der Waals surface area contributed by atoms with Gasteiger partial charge in [0.2, 0.25) is 0 Å². The minimum Gasteiger partial charge on any atom is -0.508 e. The third kappa shape index (κ3) is 1.56. The Morgan fingerprint density at radius 2 is 1.77 bits per heavy atom. The van der Waals surface area contributed by atoms with Crippen molar-refractivity contribution in [2.75, 3.05) is 0 Å². The molecule has 0 amide bonds. The van der Waals surface area contributed by atoms with Crippen LogP contribution in [0.2, 0.25) is 0 Å². The zero-order valence-corrected chi connectivity index (χ0v) is 7.01. The SMILES string of the molecule is OC1=CC=C2C=CC(O)=CC2C=C1. The fourth-order valence-corrected chi connectivity index (χ4v) is 1.40. The molecular formula is C11H10O2. The van der Waals surface area contributed by atoms with Crippen LogP contribution in [0.25, 0.3) is 0 Å².